The Morgan fingerprint density at radius 3 is 2.40 bits per heavy atom. The fourth-order valence-corrected chi connectivity index (χ4v) is 1.20. The minimum absolute atomic E-state index is 0.650. The van der Waals surface area contributed by atoms with Crippen molar-refractivity contribution in [2.45, 2.75) is 20.3 Å². The van der Waals surface area contributed by atoms with Crippen molar-refractivity contribution in [2.75, 3.05) is 20.1 Å². The summed E-state index contributed by atoms with van der Waals surface area (Å²) in [4.78, 5) is 0. The van der Waals surface area contributed by atoms with Gasteiger partial charge in [-0.05, 0) is 32.0 Å². The molecule has 0 bridgehead atoms. The number of hydrogen-bond acceptors (Lipinski definition) is 2. The van der Waals surface area contributed by atoms with E-state index in [-0.39, 0.29) is 0 Å². The van der Waals surface area contributed by atoms with Crippen LogP contribution in [0.3, 0.4) is 0 Å². The second-order valence-electron chi connectivity index (χ2n) is 2.94. The van der Waals surface area contributed by atoms with E-state index < -0.39 is 0 Å². The smallest absolute Gasteiger partial charge is 0.00206 e. The van der Waals surface area contributed by atoms with E-state index in [0.29, 0.717) is 5.92 Å². The standard InChI is InChI=1S/C8H20N2/c1-4-8(6-10-3)7(2)5-9/h7-8,10H,4-6,9H2,1-3H3. The van der Waals surface area contributed by atoms with Crippen molar-refractivity contribution >= 4 is 0 Å². The molecule has 0 fully saturated rings. The van der Waals surface area contributed by atoms with Crippen LogP contribution in [0.25, 0.3) is 0 Å². The third-order valence-electron chi connectivity index (χ3n) is 2.17. The maximum absolute atomic E-state index is 5.55. The van der Waals surface area contributed by atoms with E-state index in [1.165, 1.54) is 6.42 Å². The summed E-state index contributed by atoms with van der Waals surface area (Å²) >= 11 is 0. The van der Waals surface area contributed by atoms with Gasteiger partial charge in [-0.2, -0.15) is 0 Å². The Hall–Kier alpha value is -0.0800. The van der Waals surface area contributed by atoms with Crippen molar-refractivity contribution in [3.63, 3.8) is 0 Å². The Kier molecular flexibility index (Phi) is 5.64. The number of nitrogens with one attached hydrogen (secondary N) is 1. The van der Waals surface area contributed by atoms with Crippen LogP contribution in [-0.4, -0.2) is 20.1 Å². The Labute approximate surface area is 64.2 Å². The zero-order valence-electron chi connectivity index (χ0n) is 7.35. The van der Waals surface area contributed by atoms with E-state index >= 15 is 0 Å². The van der Waals surface area contributed by atoms with Gasteiger partial charge in [0.1, 0.15) is 0 Å². The molecule has 0 aromatic rings. The Bertz CT molecular complexity index is 73.7. The van der Waals surface area contributed by atoms with Gasteiger partial charge in [0.05, 0.1) is 0 Å². The van der Waals surface area contributed by atoms with E-state index in [1.54, 1.807) is 0 Å². The first-order valence-electron chi connectivity index (χ1n) is 4.10. The highest BCUT2D eigenvalue weighted by Crippen LogP contribution is 2.12. The van der Waals surface area contributed by atoms with Crippen LogP contribution in [0.5, 0.6) is 0 Å². The van der Waals surface area contributed by atoms with Crippen LogP contribution in [-0.2, 0) is 0 Å². The van der Waals surface area contributed by atoms with Gasteiger partial charge in [-0.15, -0.1) is 0 Å². The van der Waals surface area contributed by atoms with Crippen molar-refractivity contribution < 1.29 is 0 Å². The van der Waals surface area contributed by atoms with Gasteiger partial charge in [0.25, 0.3) is 0 Å². The fourth-order valence-electron chi connectivity index (χ4n) is 1.20. The molecule has 2 nitrogen and oxygen atoms in total. The Morgan fingerprint density at radius 1 is 1.50 bits per heavy atom. The van der Waals surface area contributed by atoms with Crippen LogP contribution in [0.1, 0.15) is 20.3 Å². The molecule has 0 rings (SSSR count). The van der Waals surface area contributed by atoms with Crippen LogP contribution in [0.15, 0.2) is 0 Å². The summed E-state index contributed by atoms with van der Waals surface area (Å²) in [5.41, 5.74) is 5.55. The molecule has 3 N–H and O–H groups in total. The van der Waals surface area contributed by atoms with Crippen molar-refractivity contribution in [1.29, 1.82) is 0 Å². The highest BCUT2D eigenvalue weighted by atomic mass is 14.8. The van der Waals surface area contributed by atoms with Crippen LogP contribution >= 0.6 is 0 Å². The summed E-state index contributed by atoms with van der Waals surface area (Å²) < 4.78 is 0. The highest BCUT2D eigenvalue weighted by molar-refractivity contribution is 4.66. The minimum Gasteiger partial charge on any atom is -0.330 e. The molecule has 0 aromatic carbocycles. The zero-order valence-corrected chi connectivity index (χ0v) is 7.35. The van der Waals surface area contributed by atoms with Gasteiger partial charge < -0.3 is 11.1 Å². The lowest BCUT2D eigenvalue weighted by molar-refractivity contribution is 0.345. The van der Waals surface area contributed by atoms with E-state index in [2.05, 4.69) is 19.2 Å². The Balaban J connectivity index is 3.56. The van der Waals surface area contributed by atoms with Crippen molar-refractivity contribution in [2.24, 2.45) is 17.6 Å². The lowest BCUT2D eigenvalue weighted by Crippen LogP contribution is -2.28. The maximum atomic E-state index is 5.55. The summed E-state index contributed by atoms with van der Waals surface area (Å²) in [5.74, 6) is 1.40. The van der Waals surface area contributed by atoms with Crippen molar-refractivity contribution in [1.82, 2.24) is 5.32 Å². The average molecular weight is 144 g/mol. The number of hydrogen-bond donors (Lipinski definition) is 2. The van der Waals surface area contributed by atoms with E-state index in [1.807, 2.05) is 7.05 Å². The second kappa shape index (κ2) is 5.69. The van der Waals surface area contributed by atoms with Gasteiger partial charge in [0.2, 0.25) is 0 Å². The molecule has 0 heterocycles. The number of rotatable bonds is 5. The van der Waals surface area contributed by atoms with Gasteiger partial charge in [-0.1, -0.05) is 20.3 Å². The van der Waals surface area contributed by atoms with Gasteiger partial charge in [0, 0.05) is 0 Å². The average Bonchev–Trinajstić information content (AvgIpc) is 1.99. The molecule has 2 atom stereocenters. The van der Waals surface area contributed by atoms with Gasteiger partial charge in [-0.25, -0.2) is 0 Å². The number of nitrogens with two attached hydrogens (primary N) is 1. The van der Waals surface area contributed by atoms with E-state index in [0.717, 1.165) is 19.0 Å². The molecule has 0 saturated heterocycles. The maximum Gasteiger partial charge on any atom is -0.00206 e. The Morgan fingerprint density at radius 2 is 2.10 bits per heavy atom. The van der Waals surface area contributed by atoms with Gasteiger partial charge in [0.15, 0.2) is 0 Å². The lowest BCUT2D eigenvalue weighted by atomic mass is 9.92. The molecule has 0 aliphatic heterocycles. The summed E-state index contributed by atoms with van der Waals surface area (Å²) in [6.45, 7) is 6.33. The van der Waals surface area contributed by atoms with Crippen LogP contribution in [0.2, 0.25) is 0 Å². The molecule has 0 aliphatic carbocycles. The van der Waals surface area contributed by atoms with Crippen molar-refractivity contribution in [3.8, 4) is 0 Å². The monoisotopic (exact) mass is 144 g/mol. The normalized spacial score (nSPS) is 16.8. The lowest BCUT2D eigenvalue weighted by Gasteiger charge is -2.20. The summed E-state index contributed by atoms with van der Waals surface area (Å²) in [5, 5.41) is 3.18. The van der Waals surface area contributed by atoms with Crippen LogP contribution < -0.4 is 11.1 Å². The SMILES string of the molecule is CCC(CNC)C(C)CN. The minimum atomic E-state index is 0.650. The first-order valence-corrected chi connectivity index (χ1v) is 4.10. The first-order chi connectivity index (χ1) is 4.76. The summed E-state index contributed by atoms with van der Waals surface area (Å²) in [6, 6.07) is 0. The molecule has 0 aliphatic rings. The van der Waals surface area contributed by atoms with Crippen molar-refractivity contribution in [3.05, 3.63) is 0 Å². The third-order valence-corrected chi connectivity index (χ3v) is 2.17. The van der Waals surface area contributed by atoms with Gasteiger partial charge in [-0.3, -0.25) is 0 Å². The largest absolute Gasteiger partial charge is 0.330 e. The molecule has 10 heavy (non-hydrogen) atoms. The molecule has 0 amide bonds. The van der Waals surface area contributed by atoms with Crippen LogP contribution in [0.4, 0.5) is 0 Å². The molecule has 0 aromatic heterocycles. The van der Waals surface area contributed by atoms with E-state index in [4.69, 9.17) is 5.73 Å². The summed E-state index contributed by atoms with van der Waals surface area (Å²) in [6.07, 6.45) is 1.22. The molecule has 2 unspecified atom stereocenters. The zero-order chi connectivity index (χ0) is 7.98. The molecular formula is C8H20N2. The topological polar surface area (TPSA) is 38.0 Å². The van der Waals surface area contributed by atoms with Gasteiger partial charge >= 0.3 is 0 Å². The van der Waals surface area contributed by atoms with E-state index in [9.17, 15) is 0 Å². The second-order valence-corrected chi connectivity index (χ2v) is 2.94. The predicted molar refractivity (Wildman–Crippen MR) is 45.9 cm³/mol. The molecule has 0 saturated carbocycles. The molecule has 0 spiro atoms. The third kappa shape index (κ3) is 3.18. The predicted octanol–water partition coefficient (Wildman–Crippen LogP) is 0.827. The molecule has 62 valence electrons. The van der Waals surface area contributed by atoms with Crippen LogP contribution in [0, 0.1) is 11.8 Å². The summed E-state index contributed by atoms with van der Waals surface area (Å²) in [7, 11) is 1.99. The first kappa shape index (κ1) is 9.92. The fraction of sp³-hybridized carbons (Fsp3) is 1.00. The highest BCUT2D eigenvalue weighted by Gasteiger charge is 2.11. The molecule has 0 radical (unpaired) electrons. The quantitative estimate of drug-likeness (QED) is 0.599. The molecular weight excluding hydrogens is 124 g/mol. The molecule has 2 heteroatoms.